The van der Waals surface area contributed by atoms with Gasteiger partial charge in [0, 0.05) is 23.2 Å². The van der Waals surface area contributed by atoms with Crippen LogP contribution in [0.2, 0.25) is 0 Å². The average Bonchev–Trinajstić information content (AvgIpc) is 2.27. The predicted molar refractivity (Wildman–Crippen MR) is 76.5 cm³/mol. The van der Waals surface area contributed by atoms with Crippen molar-refractivity contribution in [3.63, 3.8) is 0 Å². The summed E-state index contributed by atoms with van der Waals surface area (Å²) in [6.07, 6.45) is 5.65. The maximum absolute atomic E-state index is 11.7. The van der Waals surface area contributed by atoms with E-state index in [1.54, 1.807) is 0 Å². The molecule has 102 valence electrons. The minimum atomic E-state index is -2.84. The molecule has 0 heterocycles. The van der Waals surface area contributed by atoms with Crippen LogP contribution in [0.5, 0.6) is 0 Å². The summed E-state index contributed by atoms with van der Waals surface area (Å²) in [5, 5.41) is 0. The van der Waals surface area contributed by atoms with Gasteiger partial charge in [0.1, 0.15) is 0 Å². The molecule has 0 amide bonds. The number of hydrogen-bond donors (Lipinski definition) is 0. The molecule has 2 atom stereocenters. The molecule has 0 saturated heterocycles. The molecule has 1 rings (SSSR count). The highest BCUT2D eigenvalue weighted by molar-refractivity contribution is 9.09. The zero-order valence-corrected chi connectivity index (χ0v) is 13.3. The molecule has 1 saturated carbocycles. The smallest absolute Gasteiger partial charge is 0.151 e. The van der Waals surface area contributed by atoms with Crippen LogP contribution in [0, 0.1) is 0 Å². The summed E-state index contributed by atoms with van der Waals surface area (Å²) in [6, 6.07) is 0.501. The molecule has 0 aliphatic heterocycles. The van der Waals surface area contributed by atoms with Crippen LogP contribution >= 0.6 is 15.9 Å². The van der Waals surface area contributed by atoms with Gasteiger partial charge in [-0.25, -0.2) is 8.42 Å². The summed E-state index contributed by atoms with van der Waals surface area (Å²) in [6.45, 7) is 2.58. The maximum Gasteiger partial charge on any atom is 0.151 e. The summed E-state index contributed by atoms with van der Waals surface area (Å²) < 4.78 is 23.3. The van der Waals surface area contributed by atoms with E-state index in [1.165, 1.54) is 25.7 Å². The van der Waals surface area contributed by atoms with Crippen molar-refractivity contribution in [2.75, 3.05) is 25.1 Å². The monoisotopic (exact) mass is 325 g/mol. The van der Waals surface area contributed by atoms with Crippen LogP contribution in [-0.4, -0.2) is 49.3 Å². The average molecular weight is 326 g/mol. The number of sulfone groups is 1. The summed E-state index contributed by atoms with van der Waals surface area (Å²) in [4.78, 5) is 2.74. The van der Waals surface area contributed by atoms with Gasteiger partial charge in [-0.1, -0.05) is 35.7 Å². The molecule has 0 spiro atoms. The Morgan fingerprint density at radius 3 is 2.47 bits per heavy atom. The lowest BCUT2D eigenvalue weighted by Gasteiger charge is -2.35. The molecule has 1 fully saturated rings. The third kappa shape index (κ3) is 5.26. The van der Waals surface area contributed by atoms with Crippen LogP contribution in [0.25, 0.3) is 0 Å². The third-order valence-corrected chi connectivity index (χ3v) is 6.39. The standard InChI is InChI=1S/C12H24BrNO2S/c1-3-9-17(15,16)10-8-14(2)12-7-5-4-6-11(12)13/h11-12H,3-10H2,1-2H3. The molecular formula is C12H24BrNO2S. The number of nitrogens with zero attached hydrogens (tertiary/aromatic N) is 1. The van der Waals surface area contributed by atoms with E-state index in [9.17, 15) is 8.42 Å². The second-order valence-corrected chi connectivity index (χ2v) is 8.48. The summed E-state index contributed by atoms with van der Waals surface area (Å²) in [5.74, 6) is 0.622. The molecule has 0 aromatic carbocycles. The predicted octanol–water partition coefficient (Wildman–Crippen LogP) is 2.45. The van der Waals surface area contributed by atoms with Crippen LogP contribution in [0.4, 0.5) is 0 Å². The fraction of sp³-hybridized carbons (Fsp3) is 1.00. The molecule has 17 heavy (non-hydrogen) atoms. The Morgan fingerprint density at radius 2 is 1.88 bits per heavy atom. The van der Waals surface area contributed by atoms with E-state index in [2.05, 4.69) is 20.8 Å². The molecule has 3 nitrogen and oxygen atoms in total. The molecule has 1 aliphatic rings. The molecule has 0 aromatic rings. The highest BCUT2D eigenvalue weighted by Crippen LogP contribution is 2.27. The van der Waals surface area contributed by atoms with E-state index in [0.717, 1.165) is 6.42 Å². The molecule has 1 aliphatic carbocycles. The van der Waals surface area contributed by atoms with Crippen molar-refractivity contribution in [2.24, 2.45) is 0 Å². The Hall–Kier alpha value is 0.390. The van der Waals surface area contributed by atoms with E-state index < -0.39 is 9.84 Å². The topological polar surface area (TPSA) is 37.4 Å². The van der Waals surface area contributed by atoms with Crippen LogP contribution in [0.3, 0.4) is 0 Å². The summed E-state index contributed by atoms with van der Waals surface area (Å²) in [7, 11) is -0.792. The van der Waals surface area contributed by atoms with Gasteiger partial charge in [0.15, 0.2) is 9.84 Å². The minimum absolute atomic E-state index is 0.299. The van der Waals surface area contributed by atoms with Crippen molar-refractivity contribution in [2.45, 2.75) is 49.9 Å². The van der Waals surface area contributed by atoms with E-state index in [0.29, 0.717) is 28.9 Å². The SMILES string of the molecule is CCCS(=O)(=O)CCN(C)C1CCCCC1Br. The first kappa shape index (κ1) is 15.4. The lowest BCUT2D eigenvalue weighted by atomic mass is 9.94. The fourth-order valence-electron chi connectivity index (χ4n) is 2.42. The summed E-state index contributed by atoms with van der Waals surface area (Å²) in [5.41, 5.74) is 0. The Balaban J connectivity index is 2.40. The van der Waals surface area contributed by atoms with E-state index in [-0.39, 0.29) is 0 Å². The van der Waals surface area contributed by atoms with Gasteiger partial charge >= 0.3 is 0 Å². The highest BCUT2D eigenvalue weighted by Gasteiger charge is 2.26. The normalized spacial score (nSPS) is 26.4. The zero-order valence-electron chi connectivity index (χ0n) is 10.9. The zero-order chi connectivity index (χ0) is 12.9. The molecule has 0 radical (unpaired) electrons. The van der Waals surface area contributed by atoms with Crippen molar-refractivity contribution < 1.29 is 8.42 Å². The van der Waals surface area contributed by atoms with Crippen LogP contribution < -0.4 is 0 Å². The van der Waals surface area contributed by atoms with Gasteiger partial charge in [0.25, 0.3) is 0 Å². The van der Waals surface area contributed by atoms with Gasteiger partial charge in [0.05, 0.1) is 5.75 Å². The largest absolute Gasteiger partial charge is 0.301 e. The lowest BCUT2D eigenvalue weighted by molar-refractivity contribution is 0.210. The van der Waals surface area contributed by atoms with Gasteiger partial charge in [-0.2, -0.15) is 0 Å². The van der Waals surface area contributed by atoms with Gasteiger partial charge in [-0.15, -0.1) is 0 Å². The third-order valence-electron chi connectivity index (χ3n) is 3.48. The first-order valence-electron chi connectivity index (χ1n) is 6.51. The van der Waals surface area contributed by atoms with Crippen molar-refractivity contribution in [1.82, 2.24) is 4.90 Å². The van der Waals surface area contributed by atoms with Crippen LogP contribution in [0.15, 0.2) is 0 Å². The number of hydrogen-bond acceptors (Lipinski definition) is 3. The Kier molecular flexibility index (Phi) is 6.45. The van der Waals surface area contributed by atoms with Gasteiger partial charge in [-0.05, 0) is 26.3 Å². The van der Waals surface area contributed by atoms with Crippen LogP contribution in [-0.2, 0) is 9.84 Å². The van der Waals surface area contributed by atoms with Crippen molar-refractivity contribution in [3.05, 3.63) is 0 Å². The van der Waals surface area contributed by atoms with E-state index in [4.69, 9.17) is 0 Å². The van der Waals surface area contributed by atoms with Crippen LogP contribution in [0.1, 0.15) is 39.0 Å². The second kappa shape index (κ2) is 7.10. The molecular weight excluding hydrogens is 302 g/mol. The Labute approximate surface area is 114 Å². The number of halogens is 1. The fourth-order valence-corrected chi connectivity index (χ4v) is 4.81. The Bertz CT molecular complexity index is 318. The van der Waals surface area contributed by atoms with Crippen molar-refractivity contribution >= 4 is 25.8 Å². The molecule has 0 aromatic heterocycles. The molecule has 5 heteroatoms. The van der Waals surface area contributed by atoms with E-state index >= 15 is 0 Å². The Morgan fingerprint density at radius 1 is 1.24 bits per heavy atom. The van der Waals surface area contributed by atoms with Gasteiger partial charge < -0.3 is 4.90 Å². The summed E-state index contributed by atoms with van der Waals surface area (Å²) >= 11 is 3.72. The first-order chi connectivity index (χ1) is 7.96. The highest BCUT2D eigenvalue weighted by atomic mass is 79.9. The van der Waals surface area contributed by atoms with Crippen molar-refractivity contribution in [1.29, 1.82) is 0 Å². The lowest BCUT2D eigenvalue weighted by Crippen LogP contribution is -2.42. The molecule has 2 unspecified atom stereocenters. The van der Waals surface area contributed by atoms with Gasteiger partial charge in [-0.3, -0.25) is 0 Å². The first-order valence-corrected chi connectivity index (χ1v) is 9.24. The minimum Gasteiger partial charge on any atom is -0.301 e. The van der Waals surface area contributed by atoms with Gasteiger partial charge in [0.2, 0.25) is 0 Å². The maximum atomic E-state index is 11.7. The second-order valence-electron chi connectivity index (χ2n) is 5.00. The van der Waals surface area contributed by atoms with E-state index in [1.807, 2.05) is 14.0 Å². The molecule has 0 bridgehead atoms. The number of alkyl halides is 1. The number of rotatable bonds is 6. The van der Waals surface area contributed by atoms with Crippen molar-refractivity contribution in [3.8, 4) is 0 Å². The quantitative estimate of drug-likeness (QED) is 0.704. The molecule has 0 N–H and O–H groups in total.